The molecule has 3 aliphatic rings. The lowest BCUT2D eigenvalue weighted by atomic mass is 9.85. The number of urea groups is 1. The van der Waals surface area contributed by atoms with Crippen molar-refractivity contribution in [2.45, 2.75) is 120 Å². The Morgan fingerprint density at radius 2 is 1.62 bits per heavy atom. The maximum Gasteiger partial charge on any atom is 0.408 e. The number of fused-ring (bicyclic) bond motifs is 2. The van der Waals surface area contributed by atoms with E-state index in [1.807, 2.05) is 11.8 Å². The third kappa shape index (κ3) is 19.7. The molecule has 25 heteroatoms. The van der Waals surface area contributed by atoms with Crippen molar-refractivity contribution in [3.05, 3.63) is 49.1 Å². The molecule has 5 rings (SSSR count). The number of hydrogen-bond donors (Lipinski definition) is 7. The SMILES string of the molecule is [N-]=[N+]=NCCOCCC(=O)NCCCCC(NC(=O)OCc1cc(=O)oc2cc(OCCCCNC(=O)CCCC[C@@H]3SC[C@@H]4NC(=O)N[C@@H]43)c(Br)cc12)C(=O)NCCNC(=O)CC1CCC(=O)C(=O)C1. The first-order valence-electron chi connectivity index (χ1n) is 24.0. The fourth-order valence-corrected chi connectivity index (χ4v) is 10.2. The Morgan fingerprint density at radius 3 is 2.41 bits per heavy atom. The third-order valence-electron chi connectivity index (χ3n) is 12.0. The number of alkyl carbamates (subject to hydrolysis) is 1. The zero-order valence-corrected chi connectivity index (χ0v) is 41.9. The topological polar surface area (TPSA) is 327 Å². The Balaban J connectivity index is 1.04. The molecule has 0 radical (unpaired) electrons. The Bertz CT molecular complexity index is 2310. The Morgan fingerprint density at radius 1 is 0.859 bits per heavy atom. The highest BCUT2D eigenvalue weighted by Gasteiger charge is 2.42. The van der Waals surface area contributed by atoms with Crippen molar-refractivity contribution in [1.29, 1.82) is 0 Å². The number of halogens is 1. The van der Waals surface area contributed by atoms with Crippen LogP contribution < -0.4 is 47.6 Å². The maximum absolute atomic E-state index is 13.3. The van der Waals surface area contributed by atoms with Gasteiger partial charge in [-0.3, -0.25) is 28.8 Å². The van der Waals surface area contributed by atoms with Crippen LogP contribution in [-0.2, 0) is 44.8 Å². The van der Waals surface area contributed by atoms with Gasteiger partial charge < -0.3 is 55.8 Å². The highest BCUT2D eigenvalue weighted by atomic mass is 79.9. The van der Waals surface area contributed by atoms with Crippen LogP contribution in [0.15, 0.2) is 37.0 Å². The summed E-state index contributed by atoms with van der Waals surface area (Å²) >= 11 is 5.38. The molecule has 3 heterocycles. The van der Waals surface area contributed by atoms with Gasteiger partial charge in [0.05, 0.1) is 36.4 Å². The van der Waals surface area contributed by atoms with Crippen LogP contribution >= 0.6 is 27.7 Å². The van der Waals surface area contributed by atoms with E-state index in [-0.39, 0.29) is 119 Å². The number of rotatable bonds is 31. The molecule has 1 aliphatic carbocycles. The number of nitrogens with one attached hydrogen (secondary N) is 7. The summed E-state index contributed by atoms with van der Waals surface area (Å²) in [6.45, 7) is 1.35. The highest BCUT2D eigenvalue weighted by molar-refractivity contribution is 9.10. The number of azide groups is 1. The summed E-state index contributed by atoms with van der Waals surface area (Å²) in [6, 6.07) is 3.60. The molecule has 7 amide bonds. The predicted octanol–water partition coefficient (Wildman–Crippen LogP) is 3.72. The van der Waals surface area contributed by atoms with Gasteiger partial charge in [-0.05, 0) is 84.8 Å². The number of hydrogen-bond acceptors (Lipinski definition) is 15. The van der Waals surface area contributed by atoms with Crippen LogP contribution in [0.2, 0.25) is 0 Å². The van der Waals surface area contributed by atoms with Crippen LogP contribution in [0.3, 0.4) is 0 Å². The molecule has 7 N–H and O–H groups in total. The number of Topliss-reactive ketones (excluding diaryl/α,β-unsaturated/α-hetero) is 2. The van der Waals surface area contributed by atoms with Crippen LogP contribution in [-0.4, -0.2) is 129 Å². The Labute approximate surface area is 422 Å². The molecule has 2 saturated heterocycles. The molecular formula is C46H63BrN10O13S. The van der Waals surface area contributed by atoms with E-state index in [0.717, 1.165) is 25.0 Å². The molecule has 0 bridgehead atoms. The fourth-order valence-electron chi connectivity index (χ4n) is 8.23. The van der Waals surface area contributed by atoms with Crippen molar-refractivity contribution in [1.82, 2.24) is 37.2 Å². The van der Waals surface area contributed by atoms with E-state index in [1.165, 1.54) is 6.07 Å². The molecule has 1 aromatic carbocycles. The summed E-state index contributed by atoms with van der Waals surface area (Å²) in [5.74, 6) is -0.928. The van der Waals surface area contributed by atoms with Gasteiger partial charge in [0.15, 0.2) is 11.6 Å². The Kier molecular flexibility index (Phi) is 23.7. The largest absolute Gasteiger partial charge is 0.492 e. The summed E-state index contributed by atoms with van der Waals surface area (Å²) in [7, 11) is 0. The van der Waals surface area contributed by atoms with Gasteiger partial charge in [0.25, 0.3) is 0 Å². The zero-order chi connectivity index (χ0) is 51.0. The lowest BCUT2D eigenvalue weighted by molar-refractivity contribution is -0.139. The first-order chi connectivity index (χ1) is 34.3. The van der Waals surface area contributed by atoms with Crippen LogP contribution in [0.5, 0.6) is 5.75 Å². The standard InChI is InChI=1S/C46H63BrN10O13S/c47-31-24-30-29(23-42(63)70-36(30)25-37(31)68-18-6-5-14-49-39(60)9-2-1-8-38-43-33(27-71-38)54-45(65)56-43)26-69-46(66)55-32(7-3-4-13-50-40(61)12-19-67-20-17-53-57-48)44(64)52-16-15-51-41(62)22-28-10-11-34(58)35(59)21-28/h23-25,28,32-33,38,43H,1-22,26-27H2,(H,49,60)(H,50,61)(H,51,62)(H,52,64)(H,55,66)(H2,54,56,65)/t28?,32?,33-,38-,43-/m0/s1. The maximum atomic E-state index is 13.3. The number of nitrogens with zero attached hydrogens (tertiary/aromatic N) is 3. The van der Waals surface area contributed by atoms with Gasteiger partial charge in [0.1, 0.15) is 24.0 Å². The molecule has 23 nitrogen and oxygen atoms in total. The molecule has 0 spiro atoms. The van der Waals surface area contributed by atoms with Gasteiger partial charge in [-0.1, -0.05) is 11.5 Å². The second-order valence-electron chi connectivity index (χ2n) is 17.4. The van der Waals surface area contributed by atoms with E-state index in [0.29, 0.717) is 84.6 Å². The molecule has 1 aromatic heterocycles. The van der Waals surface area contributed by atoms with Crippen LogP contribution in [0, 0.1) is 5.92 Å². The van der Waals surface area contributed by atoms with E-state index < -0.39 is 35.2 Å². The van der Waals surface area contributed by atoms with Crippen LogP contribution in [0.1, 0.15) is 95.5 Å². The van der Waals surface area contributed by atoms with Gasteiger partial charge in [-0.2, -0.15) is 11.8 Å². The molecule has 388 valence electrons. The molecule has 2 aromatic rings. The lowest BCUT2D eigenvalue weighted by Crippen LogP contribution is -2.48. The quantitative estimate of drug-likeness (QED) is 0.0108. The summed E-state index contributed by atoms with van der Waals surface area (Å²) in [6.07, 6.45) is 5.26. The summed E-state index contributed by atoms with van der Waals surface area (Å²) in [5, 5.41) is 23.8. The molecular weight excluding hydrogens is 1010 g/mol. The first-order valence-corrected chi connectivity index (χ1v) is 25.9. The van der Waals surface area contributed by atoms with E-state index in [9.17, 15) is 43.2 Å². The number of ketones is 2. The molecule has 1 saturated carbocycles. The number of thioether (sulfide) groups is 1. The minimum Gasteiger partial charge on any atom is -0.492 e. The smallest absolute Gasteiger partial charge is 0.408 e. The molecule has 2 aliphatic heterocycles. The van der Waals surface area contributed by atoms with Crippen molar-refractivity contribution in [2.24, 2.45) is 11.0 Å². The number of ether oxygens (including phenoxy) is 3. The van der Waals surface area contributed by atoms with E-state index in [4.69, 9.17) is 24.2 Å². The molecule has 2 unspecified atom stereocenters. The average Bonchev–Trinajstić information content (AvgIpc) is 3.90. The minimum absolute atomic E-state index is 0.00672. The van der Waals surface area contributed by atoms with Crippen molar-refractivity contribution >= 4 is 86.0 Å². The van der Waals surface area contributed by atoms with E-state index in [2.05, 4.69) is 63.2 Å². The van der Waals surface area contributed by atoms with Gasteiger partial charge >= 0.3 is 17.7 Å². The molecule has 71 heavy (non-hydrogen) atoms. The van der Waals surface area contributed by atoms with Gasteiger partial charge in [-0.25, -0.2) is 14.4 Å². The van der Waals surface area contributed by atoms with Crippen molar-refractivity contribution < 1.29 is 57.0 Å². The van der Waals surface area contributed by atoms with Gasteiger partial charge in [0.2, 0.25) is 23.6 Å². The fraction of sp³-hybridized carbons (Fsp3) is 0.630. The van der Waals surface area contributed by atoms with Crippen LogP contribution in [0.4, 0.5) is 9.59 Å². The van der Waals surface area contributed by atoms with E-state index in [1.54, 1.807) is 12.1 Å². The third-order valence-corrected chi connectivity index (χ3v) is 14.1. The normalized spacial score (nSPS) is 18.6. The van der Waals surface area contributed by atoms with Gasteiger partial charge in [-0.15, -0.1) is 0 Å². The number of carbonyl (C=O) groups is 8. The number of unbranched alkanes of at least 4 members (excludes halogenated alkanes) is 3. The van der Waals surface area contributed by atoms with Gasteiger partial charge in [0, 0.05) is 104 Å². The summed E-state index contributed by atoms with van der Waals surface area (Å²) in [4.78, 5) is 114. The first kappa shape index (κ1) is 56.0. The monoisotopic (exact) mass is 1070 g/mol. The second-order valence-corrected chi connectivity index (χ2v) is 19.5. The average molecular weight is 1080 g/mol. The minimum atomic E-state index is -1.08. The highest BCUT2D eigenvalue weighted by Crippen LogP contribution is 2.34. The number of benzene rings is 1. The summed E-state index contributed by atoms with van der Waals surface area (Å²) < 4.78 is 22.7. The Hall–Kier alpha value is -5.91. The number of carbonyl (C=O) groups excluding carboxylic acids is 8. The van der Waals surface area contributed by atoms with Crippen molar-refractivity contribution in [2.75, 3.05) is 58.3 Å². The molecule has 5 atom stereocenters. The van der Waals surface area contributed by atoms with E-state index >= 15 is 0 Å². The zero-order valence-electron chi connectivity index (χ0n) is 39.5. The summed E-state index contributed by atoms with van der Waals surface area (Å²) in [5.41, 5.74) is 8.15. The second kappa shape index (κ2) is 30.1. The number of amides is 7. The lowest BCUT2D eigenvalue weighted by Gasteiger charge is -2.20. The van der Waals surface area contributed by atoms with Crippen LogP contribution in [0.25, 0.3) is 21.4 Å². The predicted molar refractivity (Wildman–Crippen MR) is 263 cm³/mol. The van der Waals surface area contributed by atoms with Crippen molar-refractivity contribution in [3.63, 3.8) is 0 Å². The van der Waals surface area contributed by atoms with Crippen molar-refractivity contribution in [3.8, 4) is 5.75 Å². The molecule has 3 fully saturated rings.